The Balaban J connectivity index is 2.16. The summed E-state index contributed by atoms with van der Waals surface area (Å²) < 4.78 is 0. The van der Waals surface area contributed by atoms with Crippen LogP contribution in [0.5, 0.6) is 0 Å². The lowest BCUT2D eigenvalue weighted by molar-refractivity contribution is 0.851. The van der Waals surface area contributed by atoms with E-state index in [1.165, 1.54) is 37.8 Å². The molecular formula is C30H34Si. The molecule has 0 aromatic heterocycles. The molecule has 1 heteroatoms. The zero-order chi connectivity index (χ0) is 22.2. The zero-order valence-electron chi connectivity index (χ0n) is 19.7. The summed E-state index contributed by atoms with van der Waals surface area (Å²) in [6.45, 7) is 14.0. The van der Waals surface area contributed by atoms with E-state index >= 15 is 0 Å². The van der Waals surface area contributed by atoms with Gasteiger partial charge in [0.2, 0.25) is 0 Å². The van der Waals surface area contributed by atoms with Crippen LogP contribution >= 0.6 is 0 Å². The highest BCUT2D eigenvalue weighted by Gasteiger charge is 2.47. The predicted molar refractivity (Wildman–Crippen MR) is 138 cm³/mol. The lowest BCUT2D eigenvalue weighted by Gasteiger charge is -2.39. The van der Waals surface area contributed by atoms with Gasteiger partial charge < -0.3 is 0 Å². The minimum Gasteiger partial charge on any atom is -0.0636 e. The first kappa shape index (κ1) is 21.6. The van der Waals surface area contributed by atoms with Gasteiger partial charge in [-0.25, -0.2) is 0 Å². The molecule has 0 heterocycles. The van der Waals surface area contributed by atoms with Crippen LogP contribution in [0.25, 0.3) is 0 Å². The predicted octanol–water partition coefficient (Wildman–Crippen LogP) is 6.12. The van der Waals surface area contributed by atoms with Gasteiger partial charge in [-0.2, -0.15) is 0 Å². The summed E-state index contributed by atoms with van der Waals surface area (Å²) >= 11 is 0. The molecule has 1 aliphatic rings. The molecule has 0 aliphatic heterocycles. The van der Waals surface area contributed by atoms with Crippen LogP contribution in [-0.4, -0.2) is 8.07 Å². The maximum Gasteiger partial charge on any atom is 0.176 e. The molecule has 4 rings (SSSR count). The van der Waals surface area contributed by atoms with Crippen LogP contribution in [0.15, 0.2) is 107 Å². The van der Waals surface area contributed by atoms with Gasteiger partial charge in [0.1, 0.15) is 0 Å². The van der Waals surface area contributed by atoms with Gasteiger partial charge >= 0.3 is 0 Å². The van der Waals surface area contributed by atoms with Crippen molar-refractivity contribution < 1.29 is 0 Å². The third kappa shape index (κ3) is 3.45. The van der Waals surface area contributed by atoms with E-state index in [-0.39, 0.29) is 0 Å². The lowest BCUT2D eigenvalue weighted by atomic mass is 10.0. The van der Waals surface area contributed by atoms with Crippen molar-refractivity contribution >= 4 is 23.6 Å². The van der Waals surface area contributed by atoms with Gasteiger partial charge in [0.15, 0.2) is 8.07 Å². The molecule has 0 fully saturated rings. The molecule has 1 unspecified atom stereocenters. The molecule has 1 aliphatic carbocycles. The molecule has 1 atom stereocenters. The van der Waals surface area contributed by atoms with E-state index in [9.17, 15) is 0 Å². The summed E-state index contributed by atoms with van der Waals surface area (Å²) in [6, 6.07) is 32.1. The highest BCUT2D eigenvalue weighted by Crippen LogP contribution is 2.41. The minimum absolute atomic E-state index is 0.454. The van der Waals surface area contributed by atoms with Crippen LogP contribution in [0.1, 0.15) is 53.0 Å². The summed E-state index contributed by atoms with van der Waals surface area (Å²) in [5.74, 6) is 0.964. The second kappa shape index (κ2) is 8.47. The molecule has 0 nitrogen and oxygen atoms in total. The quantitative estimate of drug-likeness (QED) is 0.343. The fraction of sp³-hybridized carbons (Fsp3) is 0.267. The van der Waals surface area contributed by atoms with Crippen molar-refractivity contribution in [2.24, 2.45) is 5.92 Å². The Hall–Kier alpha value is -2.64. The smallest absolute Gasteiger partial charge is 0.0636 e. The summed E-state index contributed by atoms with van der Waals surface area (Å²) in [6.07, 6.45) is 0. The molecule has 3 aromatic carbocycles. The van der Waals surface area contributed by atoms with Crippen LogP contribution in [0.3, 0.4) is 0 Å². The van der Waals surface area contributed by atoms with Crippen molar-refractivity contribution in [3.8, 4) is 0 Å². The first-order valence-corrected chi connectivity index (χ1v) is 13.5. The van der Waals surface area contributed by atoms with Gasteiger partial charge in [-0.15, -0.1) is 0 Å². The Morgan fingerprint density at radius 2 is 1.16 bits per heavy atom. The van der Waals surface area contributed by atoms with Crippen molar-refractivity contribution in [3.63, 3.8) is 0 Å². The van der Waals surface area contributed by atoms with Gasteiger partial charge in [0.25, 0.3) is 0 Å². The Labute approximate surface area is 189 Å². The molecular weight excluding hydrogens is 388 g/mol. The highest BCUT2D eigenvalue weighted by molar-refractivity contribution is 7.16. The Morgan fingerprint density at radius 3 is 1.61 bits per heavy atom. The zero-order valence-corrected chi connectivity index (χ0v) is 20.7. The van der Waals surface area contributed by atoms with Crippen molar-refractivity contribution in [2.45, 2.75) is 47.5 Å². The fourth-order valence-corrected chi connectivity index (χ4v) is 11.1. The van der Waals surface area contributed by atoms with Crippen LogP contribution in [0, 0.1) is 5.92 Å². The Kier molecular flexibility index (Phi) is 5.90. The Bertz CT molecular complexity index is 1090. The van der Waals surface area contributed by atoms with E-state index in [0.717, 1.165) is 0 Å². The number of allylic oxidation sites excluding steroid dienone is 4. The maximum absolute atomic E-state index is 2.51. The van der Waals surface area contributed by atoms with E-state index < -0.39 is 8.07 Å². The fourth-order valence-electron chi connectivity index (χ4n) is 5.44. The Morgan fingerprint density at radius 1 is 0.645 bits per heavy atom. The molecule has 0 amide bonds. The maximum atomic E-state index is 2.51. The molecule has 0 radical (unpaired) electrons. The number of hydrogen-bond donors (Lipinski definition) is 0. The normalized spacial score (nSPS) is 17.1. The van der Waals surface area contributed by atoms with Gasteiger partial charge in [0, 0.05) is 0 Å². The number of hydrogen-bond acceptors (Lipinski definition) is 0. The molecule has 158 valence electrons. The third-order valence-corrected chi connectivity index (χ3v) is 12.6. The average Bonchev–Trinajstić information content (AvgIpc) is 2.99. The second-order valence-electron chi connectivity index (χ2n) is 9.33. The summed E-state index contributed by atoms with van der Waals surface area (Å²) in [7, 11) is -2.44. The van der Waals surface area contributed by atoms with Gasteiger partial charge in [0.05, 0.1) is 0 Å². The van der Waals surface area contributed by atoms with Crippen molar-refractivity contribution in [1.29, 1.82) is 0 Å². The molecule has 0 N–H and O–H groups in total. The van der Waals surface area contributed by atoms with Crippen LogP contribution < -0.4 is 15.6 Å². The van der Waals surface area contributed by atoms with Crippen molar-refractivity contribution in [1.82, 2.24) is 0 Å². The van der Waals surface area contributed by atoms with E-state index in [1.807, 2.05) is 0 Å². The number of rotatable bonds is 5. The SMILES string of the molecule is CC1=C(C)C(C)C([Si](c2ccccc2)(c2ccccc2)c2cccc(C(C)C)c2)=C1C. The molecule has 3 aromatic rings. The van der Waals surface area contributed by atoms with E-state index in [4.69, 9.17) is 0 Å². The first-order chi connectivity index (χ1) is 14.9. The molecule has 0 saturated carbocycles. The summed E-state index contributed by atoms with van der Waals surface area (Å²) in [5, 5.41) is 6.11. The van der Waals surface area contributed by atoms with E-state index in [0.29, 0.717) is 11.8 Å². The molecule has 31 heavy (non-hydrogen) atoms. The second-order valence-corrected chi connectivity index (χ2v) is 13.1. The monoisotopic (exact) mass is 422 g/mol. The van der Waals surface area contributed by atoms with Gasteiger partial charge in [-0.1, -0.05) is 122 Å². The minimum atomic E-state index is -2.44. The van der Waals surface area contributed by atoms with Gasteiger partial charge in [-0.05, 0) is 59.3 Å². The van der Waals surface area contributed by atoms with Gasteiger partial charge in [-0.3, -0.25) is 0 Å². The topological polar surface area (TPSA) is 0 Å². The average molecular weight is 423 g/mol. The van der Waals surface area contributed by atoms with Crippen LogP contribution in [-0.2, 0) is 0 Å². The highest BCUT2D eigenvalue weighted by atomic mass is 28.3. The standard InChI is InChI=1S/C30H34Si/c1-21(2)26-14-13-19-29(20-26)31(27-15-9-7-10-16-27,28-17-11-8-12-18-28)30-24(5)22(3)23(4)25(30)6/h7-21,24H,1-6H3. The summed E-state index contributed by atoms with van der Waals surface area (Å²) in [4.78, 5) is 0. The van der Waals surface area contributed by atoms with Crippen LogP contribution in [0.2, 0.25) is 0 Å². The van der Waals surface area contributed by atoms with E-state index in [1.54, 1.807) is 5.20 Å². The lowest BCUT2D eigenvalue weighted by Crippen LogP contribution is -2.69. The summed E-state index contributed by atoms with van der Waals surface area (Å²) in [5.41, 5.74) is 5.92. The van der Waals surface area contributed by atoms with Crippen molar-refractivity contribution in [3.05, 3.63) is 112 Å². The van der Waals surface area contributed by atoms with Crippen molar-refractivity contribution in [2.75, 3.05) is 0 Å². The molecule has 0 saturated heterocycles. The van der Waals surface area contributed by atoms with E-state index in [2.05, 4.69) is 126 Å². The van der Waals surface area contributed by atoms with Crippen LogP contribution in [0.4, 0.5) is 0 Å². The molecule has 0 spiro atoms. The first-order valence-electron chi connectivity index (χ1n) is 11.5. The molecule has 0 bridgehead atoms. The number of benzene rings is 3. The largest absolute Gasteiger partial charge is 0.176 e. The third-order valence-electron chi connectivity index (χ3n) is 7.44.